The molecule has 2 heteroatoms. The molecule has 0 aliphatic heterocycles. The van der Waals surface area contributed by atoms with Crippen LogP contribution >= 0.6 is 0 Å². The van der Waals surface area contributed by atoms with E-state index in [0.29, 0.717) is 12.5 Å². The Hall–Kier alpha value is -0.530. The molecule has 1 aliphatic rings. The van der Waals surface area contributed by atoms with Gasteiger partial charge in [-0.2, -0.15) is 0 Å². The predicted molar refractivity (Wildman–Crippen MR) is 57.0 cm³/mol. The highest BCUT2D eigenvalue weighted by Crippen LogP contribution is 2.36. The van der Waals surface area contributed by atoms with Gasteiger partial charge in [0.25, 0.3) is 0 Å². The van der Waals surface area contributed by atoms with Crippen molar-refractivity contribution in [2.75, 3.05) is 6.61 Å². The molecule has 0 bridgehead atoms. The van der Waals surface area contributed by atoms with Crippen LogP contribution in [0.2, 0.25) is 0 Å². The third-order valence-corrected chi connectivity index (χ3v) is 3.00. The van der Waals surface area contributed by atoms with Gasteiger partial charge in [-0.1, -0.05) is 33.1 Å². The van der Waals surface area contributed by atoms with E-state index in [1.807, 2.05) is 0 Å². The van der Waals surface area contributed by atoms with Crippen molar-refractivity contribution < 1.29 is 9.53 Å². The van der Waals surface area contributed by atoms with Crippen LogP contribution in [0.4, 0.5) is 0 Å². The van der Waals surface area contributed by atoms with Gasteiger partial charge in [-0.15, -0.1) is 0 Å². The molecule has 0 aromatic carbocycles. The number of ether oxygens (including phenoxy) is 1. The fraction of sp³-hybridized carbons (Fsp3) is 0.917. The lowest BCUT2D eigenvalue weighted by atomic mass is 9.76. The zero-order valence-corrected chi connectivity index (χ0v) is 9.64. The first-order valence-electron chi connectivity index (χ1n) is 5.72. The quantitative estimate of drug-likeness (QED) is 0.651. The van der Waals surface area contributed by atoms with Crippen LogP contribution in [0, 0.1) is 11.3 Å². The second-order valence-electron chi connectivity index (χ2n) is 5.11. The molecule has 0 unspecified atom stereocenters. The Balaban J connectivity index is 2.41. The van der Waals surface area contributed by atoms with Crippen molar-refractivity contribution in [1.29, 1.82) is 0 Å². The van der Waals surface area contributed by atoms with Crippen molar-refractivity contribution in [3.05, 3.63) is 0 Å². The van der Waals surface area contributed by atoms with Gasteiger partial charge in [0.15, 0.2) is 0 Å². The van der Waals surface area contributed by atoms with E-state index in [-0.39, 0.29) is 11.4 Å². The minimum Gasteiger partial charge on any atom is -0.465 e. The Morgan fingerprint density at radius 1 is 1.29 bits per heavy atom. The summed E-state index contributed by atoms with van der Waals surface area (Å²) in [5.41, 5.74) is -0.187. The average Bonchev–Trinajstić information content (AvgIpc) is 2.15. The molecule has 0 atom stereocenters. The predicted octanol–water partition coefficient (Wildman–Crippen LogP) is 3.16. The number of esters is 1. The smallest absolute Gasteiger partial charge is 0.311 e. The molecule has 0 heterocycles. The summed E-state index contributed by atoms with van der Waals surface area (Å²) < 4.78 is 5.31. The van der Waals surface area contributed by atoms with Gasteiger partial charge in [-0.05, 0) is 25.7 Å². The summed E-state index contributed by atoms with van der Waals surface area (Å²) in [5.74, 6) is 0.456. The second kappa shape index (κ2) is 4.81. The van der Waals surface area contributed by atoms with Gasteiger partial charge < -0.3 is 4.74 Å². The Morgan fingerprint density at radius 2 is 1.86 bits per heavy atom. The molecule has 0 N–H and O–H groups in total. The monoisotopic (exact) mass is 198 g/mol. The minimum absolute atomic E-state index is 0.0194. The summed E-state index contributed by atoms with van der Waals surface area (Å²) in [4.78, 5) is 11.8. The van der Waals surface area contributed by atoms with E-state index < -0.39 is 0 Å². The maximum atomic E-state index is 11.8. The normalized spacial score (nSPS) is 20.9. The van der Waals surface area contributed by atoms with E-state index in [0.717, 1.165) is 12.8 Å². The van der Waals surface area contributed by atoms with E-state index in [4.69, 9.17) is 4.74 Å². The molecule has 1 saturated carbocycles. The van der Waals surface area contributed by atoms with Gasteiger partial charge in [0, 0.05) is 0 Å². The first kappa shape index (κ1) is 11.5. The van der Waals surface area contributed by atoms with Crippen molar-refractivity contribution in [3.63, 3.8) is 0 Å². The summed E-state index contributed by atoms with van der Waals surface area (Å²) in [7, 11) is 0. The van der Waals surface area contributed by atoms with Crippen LogP contribution in [-0.2, 0) is 9.53 Å². The van der Waals surface area contributed by atoms with Crippen LogP contribution in [-0.4, -0.2) is 12.6 Å². The summed E-state index contributed by atoms with van der Waals surface area (Å²) >= 11 is 0. The van der Waals surface area contributed by atoms with Crippen molar-refractivity contribution >= 4 is 5.97 Å². The Labute approximate surface area is 87.0 Å². The molecule has 0 amide bonds. The first-order chi connectivity index (χ1) is 6.54. The molecule has 1 fully saturated rings. The van der Waals surface area contributed by atoms with Gasteiger partial charge in [0.2, 0.25) is 0 Å². The molecule has 0 saturated heterocycles. The zero-order chi connectivity index (χ0) is 10.6. The Kier molecular flexibility index (Phi) is 3.97. The lowest BCUT2D eigenvalue weighted by Crippen LogP contribution is -2.32. The molecule has 0 aromatic rings. The van der Waals surface area contributed by atoms with E-state index in [1.54, 1.807) is 0 Å². The molecule has 0 aromatic heterocycles. The summed E-state index contributed by atoms with van der Waals surface area (Å²) in [5, 5.41) is 0. The van der Waals surface area contributed by atoms with Crippen molar-refractivity contribution in [2.24, 2.45) is 11.3 Å². The molecule has 82 valence electrons. The third kappa shape index (κ3) is 3.00. The van der Waals surface area contributed by atoms with Crippen molar-refractivity contribution in [3.8, 4) is 0 Å². The van der Waals surface area contributed by atoms with Gasteiger partial charge in [-0.3, -0.25) is 4.79 Å². The van der Waals surface area contributed by atoms with Crippen LogP contribution < -0.4 is 0 Å². The fourth-order valence-electron chi connectivity index (χ4n) is 1.95. The largest absolute Gasteiger partial charge is 0.465 e. The molecular formula is C12H22O2. The summed E-state index contributed by atoms with van der Waals surface area (Å²) in [6, 6.07) is 0. The summed E-state index contributed by atoms with van der Waals surface area (Å²) in [6.07, 6.45) is 5.63. The molecule has 1 aliphatic carbocycles. The summed E-state index contributed by atoms with van der Waals surface area (Å²) in [6.45, 7) is 6.75. The van der Waals surface area contributed by atoms with Gasteiger partial charge in [0.05, 0.1) is 12.0 Å². The van der Waals surface area contributed by atoms with Crippen molar-refractivity contribution in [1.82, 2.24) is 0 Å². The van der Waals surface area contributed by atoms with E-state index in [2.05, 4.69) is 20.8 Å². The van der Waals surface area contributed by atoms with E-state index in [9.17, 15) is 4.79 Å². The molecule has 2 nitrogen and oxygen atoms in total. The fourth-order valence-corrected chi connectivity index (χ4v) is 1.95. The number of hydrogen-bond donors (Lipinski definition) is 0. The number of hydrogen-bond acceptors (Lipinski definition) is 2. The van der Waals surface area contributed by atoms with E-state index in [1.165, 1.54) is 19.3 Å². The topological polar surface area (TPSA) is 26.3 Å². The highest BCUT2D eigenvalue weighted by atomic mass is 16.5. The van der Waals surface area contributed by atoms with E-state index >= 15 is 0 Å². The second-order valence-corrected chi connectivity index (χ2v) is 5.11. The van der Waals surface area contributed by atoms with Gasteiger partial charge in [0.1, 0.15) is 0 Å². The molecular weight excluding hydrogens is 176 g/mol. The SMILES string of the molecule is CC(C)COC(=O)C1(C)CCCCC1. The lowest BCUT2D eigenvalue weighted by molar-refractivity contribution is -0.158. The number of carbonyl (C=O) groups excluding carboxylic acids is 1. The third-order valence-electron chi connectivity index (χ3n) is 3.00. The van der Waals surface area contributed by atoms with Crippen LogP contribution in [0.25, 0.3) is 0 Å². The van der Waals surface area contributed by atoms with Gasteiger partial charge in [-0.25, -0.2) is 0 Å². The average molecular weight is 198 g/mol. The van der Waals surface area contributed by atoms with Crippen LogP contribution in [0.1, 0.15) is 52.9 Å². The van der Waals surface area contributed by atoms with Crippen LogP contribution in [0.5, 0.6) is 0 Å². The number of rotatable bonds is 3. The van der Waals surface area contributed by atoms with Gasteiger partial charge >= 0.3 is 5.97 Å². The molecule has 1 rings (SSSR count). The molecule has 0 spiro atoms. The first-order valence-corrected chi connectivity index (χ1v) is 5.72. The minimum atomic E-state index is -0.187. The maximum absolute atomic E-state index is 11.8. The van der Waals surface area contributed by atoms with Crippen LogP contribution in [0.15, 0.2) is 0 Å². The molecule has 14 heavy (non-hydrogen) atoms. The number of carbonyl (C=O) groups is 1. The Bertz CT molecular complexity index is 190. The standard InChI is InChI=1S/C12H22O2/c1-10(2)9-14-11(13)12(3)7-5-4-6-8-12/h10H,4-9H2,1-3H3. The maximum Gasteiger partial charge on any atom is 0.311 e. The zero-order valence-electron chi connectivity index (χ0n) is 9.64. The highest BCUT2D eigenvalue weighted by molar-refractivity contribution is 5.76. The molecule has 0 radical (unpaired) electrons. The lowest BCUT2D eigenvalue weighted by Gasteiger charge is -2.31. The van der Waals surface area contributed by atoms with Crippen LogP contribution in [0.3, 0.4) is 0 Å². The van der Waals surface area contributed by atoms with Crippen molar-refractivity contribution in [2.45, 2.75) is 52.9 Å². The highest BCUT2D eigenvalue weighted by Gasteiger charge is 2.35. The Morgan fingerprint density at radius 3 is 2.36 bits per heavy atom.